The van der Waals surface area contributed by atoms with Crippen LogP contribution >= 0.6 is 0 Å². The van der Waals surface area contributed by atoms with Crippen molar-refractivity contribution in [1.29, 1.82) is 0 Å². The number of fused-ring (bicyclic) bond motifs is 1. The van der Waals surface area contributed by atoms with E-state index in [1.54, 1.807) is 0 Å². The predicted molar refractivity (Wildman–Crippen MR) is 185 cm³/mol. The van der Waals surface area contributed by atoms with Crippen LogP contribution in [-0.4, -0.2) is 18.4 Å². The number of hydrogen-bond acceptors (Lipinski definition) is 4. The fraction of sp³-hybridized carbons (Fsp3) is 0.513. The zero-order chi connectivity index (χ0) is 31.9. The molecule has 5 rings (SSSR count). The van der Waals surface area contributed by atoms with E-state index in [0.29, 0.717) is 6.61 Å². The molecule has 0 fully saturated rings. The number of hydrogen-bond donors (Lipinski definition) is 1. The molecular formula is C39H53NO3Si. The van der Waals surface area contributed by atoms with Gasteiger partial charge in [-0.15, -0.1) is 0 Å². The summed E-state index contributed by atoms with van der Waals surface area (Å²) in [6.07, 6.45) is 6.68. The third-order valence-corrected chi connectivity index (χ3v) is 14.4. The standard InChI is InChI=1S/C39H53NO3Si/c1-26(2)36-35(37(41)29-19-21-30(22-20-29)42-25-27-15-11-10-12-16-27)33(28-17-13-14-18-28)34-31(40-36)23-39(6,7)24-32(34)43-44(8,9)38(3,4)5/h10-12,15-17,19-22,26,32,37,41H,13-14,18,23-25H2,1-9H3. The molecule has 0 amide bonds. The molecule has 1 N–H and O–H groups in total. The molecule has 0 bridgehead atoms. The van der Waals surface area contributed by atoms with Gasteiger partial charge in [-0.2, -0.15) is 0 Å². The topological polar surface area (TPSA) is 51.6 Å². The summed E-state index contributed by atoms with van der Waals surface area (Å²) in [7, 11) is -2.09. The Morgan fingerprint density at radius 2 is 1.70 bits per heavy atom. The first-order valence-corrected chi connectivity index (χ1v) is 19.5. The van der Waals surface area contributed by atoms with Crippen molar-refractivity contribution in [3.05, 3.63) is 99.9 Å². The minimum Gasteiger partial charge on any atom is -0.489 e. The van der Waals surface area contributed by atoms with Gasteiger partial charge in [0.05, 0.1) is 6.10 Å². The summed E-state index contributed by atoms with van der Waals surface area (Å²) in [6, 6.07) is 18.2. The van der Waals surface area contributed by atoms with Gasteiger partial charge in [0.15, 0.2) is 8.32 Å². The number of rotatable bonds is 9. The third-order valence-electron chi connectivity index (χ3n) is 9.96. The zero-order valence-corrected chi connectivity index (χ0v) is 29.5. The predicted octanol–water partition coefficient (Wildman–Crippen LogP) is 10.5. The van der Waals surface area contributed by atoms with Crippen molar-refractivity contribution in [3.63, 3.8) is 0 Å². The van der Waals surface area contributed by atoms with Crippen molar-refractivity contribution in [2.24, 2.45) is 5.41 Å². The van der Waals surface area contributed by atoms with Gasteiger partial charge in [-0.25, -0.2) is 0 Å². The highest BCUT2D eigenvalue weighted by Crippen LogP contribution is 2.52. The van der Waals surface area contributed by atoms with Crippen LogP contribution in [-0.2, 0) is 17.5 Å². The highest BCUT2D eigenvalue weighted by atomic mass is 28.4. The molecule has 1 heterocycles. The molecule has 0 spiro atoms. The quantitative estimate of drug-likeness (QED) is 0.245. The molecule has 2 unspecified atom stereocenters. The van der Waals surface area contributed by atoms with Crippen LogP contribution < -0.4 is 4.74 Å². The fourth-order valence-corrected chi connectivity index (χ4v) is 7.81. The molecule has 5 heteroatoms. The lowest BCUT2D eigenvalue weighted by Gasteiger charge is -2.45. The number of aliphatic hydroxyl groups excluding tert-OH is 1. The summed E-state index contributed by atoms with van der Waals surface area (Å²) in [4.78, 5) is 5.43. The van der Waals surface area contributed by atoms with E-state index in [-0.39, 0.29) is 22.5 Å². The van der Waals surface area contributed by atoms with E-state index in [2.05, 4.69) is 79.8 Å². The maximum atomic E-state index is 12.3. The van der Waals surface area contributed by atoms with Crippen LogP contribution in [0.3, 0.4) is 0 Å². The second-order valence-corrected chi connectivity index (χ2v) is 20.3. The van der Waals surface area contributed by atoms with Gasteiger partial charge in [0, 0.05) is 22.5 Å². The third kappa shape index (κ3) is 6.90. The Labute approximate surface area is 267 Å². The fourth-order valence-electron chi connectivity index (χ4n) is 6.54. The maximum Gasteiger partial charge on any atom is 0.192 e. The van der Waals surface area contributed by atoms with Crippen LogP contribution in [0.5, 0.6) is 5.75 Å². The second-order valence-electron chi connectivity index (χ2n) is 15.6. The largest absolute Gasteiger partial charge is 0.489 e. The normalized spacial score (nSPS) is 19.1. The highest BCUT2D eigenvalue weighted by molar-refractivity contribution is 6.74. The van der Waals surface area contributed by atoms with Crippen LogP contribution in [0.15, 0.2) is 60.7 Å². The lowest BCUT2D eigenvalue weighted by molar-refractivity contribution is 0.105. The SMILES string of the molecule is CC(C)c1nc2c(c(C3=CCCC3)c1C(O)c1ccc(OCc3ccccc3)cc1)C(O[Si](C)(C)C(C)(C)C)CC(C)(C)C2. The first kappa shape index (κ1) is 32.7. The summed E-state index contributed by atoms with van der Waals surface area (Å²) in [5.41, 5.74) is 9.02. The first-order chi connectivity index (χ1) is 20.7. The molecule has 0 saturated heterocycles. The maximum absolute atomic E-state index is 12.3. The van der Waals surface area contributed by atoms with Crippen LogP contribution in [0.25, 0.3) is 5.57 Å². The lowest BCUT2D eigenvalue weighted by atomic mass is 9.71. The lowest BCUT2D eigenvalue weighted by Crippen LogP contribution is -2.44. The Morgan fingerprint density at radius 3 is 2.30 bits per heavy atom. The van der Waals surface area contributed by atoms with Crippen LogP contribution in [0.2, 0.25) is 18.1 Å². The Hall–Kier alpha value is -2.73. The summed E-state index contributed by atoms with van der Waals surface area (Å²) in [5.74, 6) is 0.963. The highest BCUT2D eigenvalue weighted by Gasteiger charge is 2.45. The molecule has 2 aliphatic carbocycles. The van der Waals surface area contributed by atoms with Crippen molar-refractivity contribution in [3.8, 4) is 5.75 Å². The van der Waals surface area contributed by atoms with E-state index in [9.17, 15) is 5.11 Å². The van der Waals surface area contributed by atoms with E-state index in [4.69, 9.17) is 14.1 Å². The summed E-state index contributed by atoms with van der Waals surface area (Å²) >= 11 is 0. The number of benzene rings is 2. The van der Waals surface area contributed by atoms with Crippen molar-refractivity contribution < 1.29 is 14.3 Å². The molecule has 0 radical (unpaired) electrons. The number of aromatic nitrogens is 1. The molecule has 3 aromatic rings. The molecule has 0 aliphatic heterocycles. The van der Waals surface area contributed by atoms with Gasteiger partial charge < -0.3 is 14.3 Å². The van der Waals surface area contributed by atoms with Gasteiger partial charge in [0.1, 0.15) is 18.5 Å². The molecule has 2 aliphatic rings. The smallest absolute Gasteiger partial charge is 0.192 e. The van der Waals surface area contributed by atoms with Crippen LogP contribution in [0.1, 0.15) is 131 Å². The molecule has 2 atom stereocenters. The monoisotopic (exact) mass is 611 g/mol. The van der Waals surface area contributed by atoms with Crippen LogP contribution in [0, 0.1) is 5.41 Å². The Kier molecular flexibility index (Phi) is 9.33. The van der Waals surface area contributed by atoms with Gasteiger partial charge in [0.25, 0.3) is 0 Å². The van der Waals surface area contributed by atoms with Gasteiger partial charge in [-0.3, -0.25) is 4.98 Å². The van der Waals surface area contributed by atoms with E-state index < -0.39 is 14.4 Å². The number of aliphatic hydroxyl groups is 1. The van der Waals surface area contributed by atoms with Crippen molar-refractivity contribution in [2.75, 3.05) is 0 Å². The van der Waals surface area contributed by atoms with E-state index in [0.717, 1.165) is 65.9 Å². The molecule has 44 heavy (non-hydrogen) atoms. The van der Waals surface area contributed by atoms with E-state index >= 15 is 0 Å². The van der Waals surface area contributed by atoms with Crippen molar-refractivity contribution in [2.45, 2.75) is 123 Å². The Bertz CT molecular complexity index is 1480. The zero-order valence-electron chi connectivity index (χ0n) is 28.5. The first-order valence-electron chi connectivity index (χ1n) is 16.6. The van der Waals surface area contributed by atoms with E-state index in [1.807, 2.05) is 42.5 Å². The van der Waals surface area contributed by atoms with Gasteiger partial charge in [-0.05, 0) is 96.0 Å². The summed E-state index contributed by atoms with van der Waals surface area (Å²) < 4.78 is 13.4. The molecular weight excluding hydrogens is 559 g/mol. The van der Waals surface area contributed by atoms with Crippen molar-refractivity contribution in [1.82, 2.24) is 4.98 Å². The van der Waals surface area contributed by atoms with Crippen molar-refractivity contribution >= 4 is 13.9 Å². The average molecular weight is 612 g/mol. The minimum absolute atomic E-state index is 0.0421. The second kappa shape index (κ2) is 12.6. The number of nitrogens with zero attached hydrogens (tertiary/aromatic N) is 1. The van der Waals surface area contributed by atoms with Gasteiger partial charge in [0.2, 0.25) is 0 Å². The minimum atomic E-state index is -2.09. The molecule has 4 nitrogen and oxygen atoms in total. The summed E-state index contributed by atoms with van der Waals surface area (Å²) in [6.45, 7) is 21.3. The molecule has 0 saturated carbocycles. The Balaban J connectivity index is 1.61. The average Bonchev–Trinajstić information content (AvgIpc) is 3.49. The number of pyridine rings is 1. The van der Waals surface area contributed by atoms with E-state index in [1.165, 1.54) is 16.7 Å². The van der Waals surface area contributed by atoms with Gasteiger partial charge in [-0.1, -0.05) is 97.0 Å². The van der Waals surface area contributed by atoms with Crippen LogP contribution in [0.4, 0.5) is 0 Å². The molecule has 2 aromatic carbocycles. The summed E-state index contributed by atoms with van der Waals surface area (Å²) in [5, 5.41) is 12.4. The number of ether oxygens (including phenoxy) is 1. The molecule has 236 valence electrons. The Morgan fingerprint density at radius 1 is 1.02 bits per heavy atom. The molecule has 1 aromatic heterocycles. The number of allylic oxidation sites excluding steroid dienone is 2. The van der Waals surface area contributed by atoms with Gasteiger partial charge >= 0.3 is 0 Å².